The van der Waals surface area contributed by atoms with E-state index in [0.717, 1.165) is 5.56 Å². The fourth-order valence-corrected chi connectivity index (χ4v) is 2.17. The van der Waals surface area contributed by atoms with Gasteiger partial charge in [-0.2, -0.15) is 9.97 Å². The van der Waals surface area contributed by atoms with Gasteiger partial charge in [0.05, 0.1) is 18.4 Å². The van der Waals surface area contributed by atoms with Gasteiger partial charge in [-0.05, 0) is 0 Å². The molecule has 1 aromatic carbocycles. The lowest BCUT2D eigenvalue weighted by molar-refractivity contribution is 0.104. The van der Waals surface area contributed by atoms with Crippen LogP contribution < -0.4 is 4.74 Å². The van der Waals surface area contributed by atoms with E-state index >= 15 is 0 Å². The molecule has 5 heteroatoms. The van der Waals surface area contributed by atoms with E-state index in [0.29, 0.717) is 16.8 Å². The van der Waals surface area contributed by atoms with Gasteiger partial charge >= 0.3 is 6.01 Å². The van der Waals surface area contributed by atoms with Gasteiger partial charge in [0.15, 0.2) is 5.78 Å². The van der Waals surface area contributed by atoms with Crippen LogP contribution in [-0.4, -0.2) is 22.9 Å². The first kappa shape index (κ1) is 10.2. The van der Waals surface area contributed by atoms with Gasteiger partial charge in [0.25, 0.3) is 0 Å². The van der Waals surface area contributed by atoms with Crippen molar-refractivity contribution in [2.24, 2.45) is 0 Å². The zero-order valence-corrected chi connectivity index (χ0v) is 9.65. The van der Waals surface area contributed by atoms with Gasteiger partial charge in [-0.25, -0.2) is 0 Å². The third-order valence-corrected chi connectivity index (χ3v) is 2.95. The highest BCUT2D eigenvalue weighted by molar-refractivity contribution is 6.36. The maximum absolute atomic E-state index is 12.1. The summed E-state index contributed by atoms with van der Waals surface area (Å²) in [6, 6.07) is 7.41. The fraction of sp³-hybridized carbons (Fsp3) is 0.0833. The second-order valence-corrected chi connectivity index (χ2v) is 3.96. The number of halogens is 1. The summed E-state index contributed by atoms with van der Waals surface area (Å²) in [4.78, 5) is 20.2. The second kappa shape index (κ2) is 3.53. The Kier molecular flexibility index (Phi) is 2.12. The van der Waals surface area contributed by atoms with Crippen LogP contribution >= 0.6 is 11.6 Å². The molecular weight excluding hydrogens is 240 g/mol. The molecule has 0 bridgehead atoms. The summed E-state index contributed by atoms with van der Waals surface area (Å²) in [5, 5.41) is 0.132. The van der Waals surface area contributed by atoms with Gasteiger partial charge in [-0.15, -0.1) is 0 Å². The average molecular weight is 247 g/mol. The zero-order valence-electron chi connectivity index (χ0n) is 8.90. The van der Waals surface area contributed by atoms with Crippen molar-refractivity contribution in [2.45, 2.75) is 0 Å². The van der Waals surface area contributed by atoms with E-state index in [1.807, 2.05) is 12.1 Å². The Morgan fingerprint density at radius 1 is 1.18 bits per heavy atom. The molecule has 0 spiro atoms. The zero-order chi connectivity index (χ0) is 12.0. The molecular formula is C12H7ClN2O2. The number of hydrogen-bond acceptors (Lipinski definition) is 4. The molecule has 0 aliphatic heterocycles. The van der Waals surface area contributed by atoms with Crippen molar-refractivity contribution in [2.75, 3.05) is 7.11 Å². The molecule has 0 atom stereocenters. The molecule has 0 saturated carbocycles. The molecule has 3 rings (SSSR count). The maximum atomic E-state index is 12.1. The number of hydrogen-bond donors (Lipinski definition) is 0. The van der Waals surface area contributed by atoms with Crippen LogP contribution in [0.25, 0.3) is 11.3 Å². The van der Waals surface area contributed by atoms with Gasteiger partial charge < -0.3 is 4.74 Å². The summed E-state index contributed by atoms with van der Waals surface area (Å²) < 4.78 is 4.95. The minimum atomic E-state index is -0.136. The Morgan fingerprint density at radius 3 is 2.59 bits per heavy atom. The largest absolute Gasteiger partial charge is 0.467 e. The van der Waals surface area contributed by atoms with Crippen molar-refractivity contribution in [1.29, 1.82) is 0 Å². The number of carbonyl (C=O) groups is 1. The molecule has 17 heavy (non-hydrogen) atoms. The molecule has 1 aliphatic rings. The molecule has 0 amide bonds. The summed E-state index contributed by atoms with van der Waals surface area (Å²) in [5.41, 5.74) is 2.28. The number of aromatic nitrogens is 2. The molecule has 0 saturated heterocycles. The summed E-state index contributed by atoms with van der Waals surface area (Å²) in [6.45, 7) is 0. The third-order valence-electron chi connectivity index (χ3n) is 2.68. The second-order valence-electron chi connectivity index (χ2n) is 3.60. The Balaban J connectivity index is 2.36. The van der Waals surface area contributed by atoms with Crippen LogP contribution in [-0.2, 0) is 0 Å². The fourth-order valence-electron chi connectivity index (χ4n) is 1.92. The molecule has 0 fully saturated rings. The van der Waals surface area contributed by atoms with E-state index in [9.17, 15) is 4.79 Å². The number of ether oxygens (including phenoxy) is 1. The smallest absolute Gasteiger partial charge is 0.318 e. The number of carbonyl (C=O) groups excluding carboxylic acids is 1. The normalized spacial score (nSPS) is 12.2. The first-order valence-electron chi connectivity index (χ1n) is 4.98. The summed E-state index contributed by atoms with van der Waals surface area (Å²) in [5.74, 6) is -0.136. The van der Waals surface area contributed by atoms with Crippen LogP contribution in [0, 0.1) is 0 Å². The molecule has 1 aliphatic carbocycles. The third kappa shape index (κ3) is 1.34. The van der Waals surface area contributed by atoms with Gasteiger partial charge in [0.1, 0.15) is 5.15 Å². The summed E-state index contributed by atoms with van der Waals surface area (Å²) in [6.07, 6.45) is 0. The summed E-state index contributed by atoms with van der Waals surface area (Å²) >= 11 is 5.99. The Morgan fingerprint density at radius 2 is 1.88 bits per heavy atom. The number of ketones is 1. The Labute approximate surface area is 102 Å². The van der Waals surface area contributed by atoms with E-state index in [-0.39, 0.29) is 16.9 Å². The Bertz CT molecular complexity index is 640. The number of benzene rings is 1. The molecule has 0 unspecified atom stereocenters. The quantitative estimate of drug-likeness (QED) is 0.619. The lowest BCUT2D eigenvalue weighted by atomic mass is 10.1. The van der Waals surface area contributed by atoms with Gasteiger partial charge in [-0.1, -0.05) is 35.9 Å². The van der Waals surface area contributed by atoms with Crippen LogP contribution in [0.1, 0.15) is 15.9 Å². The lowest BCUT2D eigenvalue weighted by Crippen LogP contribution is -2.00. The molecule has 2 aromatic rings. The van der Waals surface area contributed by atoms with Crippen molar-refractivity contribution in [3.05, 3.63) is 40.5 Å². The van der Waals surface area contributed by atoms with Crippen LogP contribution in [0.2, 0.25) is 5.15 Å². The standard InChI is InChI=1S/C12H7ClN2O2/c1-17-12-14-9-6-4-2-3-5-7(6)10(16)8(9)11(13)15-12/h2-5H,1H3. The predicted molar refractivity (Wildman–Crippen MR) is 62.5 cm³/mol. The molecule has 1 heterocycles. The molecule has 4 nitrogen and oxygen atoms in total. The average Bonchev–Trinajstić information content (AvgIpc) is 2.64. The van der Waals surface area contributed by atoms with E-state index < -0.39 is 0 Å². The number of fused-ring (bicyclic) bond motifs is 3. The first-order chi connectivity index (χ1) is 8.22. The Hall–Kier alpha value is -1.94. The molecule has 0 radical (unpaired) electrons. The maximum Gasteiger partial charge on any atom is 0.318 e. The lowest BCUT2D eigenvalue weighted by Gasteiger charge is -2.03. The van der Waals surface area contributed by atoms with Crippen molar-refractivity contribution >= 4 is 17.4 Å². The summed E-state index contributed by atoms with van der Waals surface area (Å²) in [7, 11) is 1.46. The molecule has 0 N–H and O–H groups in total. The van der Waals surface area contributed by atoms with Crippen LogP contribution in [0.5, 0.6) is 6.01 Å². The van der Waals surface area contributed by atoms with E-state index in [4.69, 9.17) is 16.3 Å². The van der Waals surface area contributed by atoms with E-state index in [1.165, 1.54) is 7.11 Å². The highest BCUT2D eigenvalue weighted by Crippen LogP contribution is 2.38. The highest BCUT2D eigenvalue weighted by Gasteiger charge is 2.31. The van der Waals surface area contributed by atoms with Crippen molar-refractivity contribution in [3.63, 3.8) is 0 Å². The van der Waals surface area contributed by atoms with Crippen molar-refractivity contribution in [1.82, 2.24) is 9.97 Å². The number of methoxy groups -OCH3 is 1. The highest BCUT2D eigenvalue weighted by atomic mass is 35.5. The van der Waals surface area contributed by atoms with Crippen LogP contribution in [0.15, 0.2) is 24.3 Å². The van der Waals surface area contributed by atoms with Gasteiger partial charge in [0.2, 0.25) is 0 Å². The number of rotatable bonds is 1. The van der Waals surface area contributed by atoms with E-state index in [1.54, 1.807) is 12.1 Å². The molecule has 84 valence electrons. The van der Waals surface area contributed by atoms with Gasteiger partial charge in [0, 0.05) is 11.1 Å². The monoisotopic (exact) mass is 246 g/mol. The van der Waals surface area contributed by atoms with Gasteiger partial charge in [-0.3, -0.25) is 4.79 Å². The topological polar surface area (TPSA) is 52.1 Å². The van der Waals surface area contributed by atoms with Crippen LogP contribution in [0.3, 0.4) is 0 Å². The van der Waals surface area contributed by atoms with Crippen molar-refractivity contribution < 1.29 is 9.53 Å². The van der Waals surface area contributed by atoms with Crippen molar-refractivity contribution in [3.8, 4) is 17.3 Å². The molecule has 1 aromatic heterocycles. The first-order valence-corrected chi connectivity index (χ1v) is 5.36. The van der Waals surface area contributed by atoms with Crippen LogP contribution in [0.4, 0.5) is 0 Å². The minimum absolute atomic E-state index is 0.132. The predicted octanol–water partition coefficient (Wildman–Crippen LogP) is 2.35. The SMILES string of the molecule is COc1nc(Cl)c2c(n1)-c1ccccc1C2=O. The number of nitrogens with zero attached hydrogens (tertiary/aromatic N) is 2. The minimum Gasteiger partial charge on any atom is -0.467 e. The van der Waals surface area contributed by atoms with E-state index in [2.05, 4.69) is 9.97 Å².